The predicted octanol–water partition coefficient (Wildman–Crippen LogP) is 3.45. The van der Waals surface area contributed by atoms with E-state index in [2.05, 4.69) is 0 Å². The quantitative estimate of drug-likeness (QED) is 0.858. The van der Waals surface area contributed by atoms with Gasteiger partial charge in [0, 0.05) is 11.1 Å². The summed E-state index contributed by atoms with van der Waals surface area (Å²) in [6, 6.07) is 9.71. The van der Waals surface area contributed by atoms with Gasteiger partial charge in [-0.15, -0.1) is 0 Å². The second-order valence-electron chi connectivity index (χ2n) is 4.10. The zero-order chi connectivity index (χ0) is 14.5. The molecule has 0 aliphatic rings. The summed E-state index contributed by atoms with van der Waals surface area (Å²) >= 11 is 5.89. The Kier molecular flexibility index (Phi) is 4.48. The zero-order valence-electron chi connectivity index (χ0n) is 10.8. The van der Waals surface area contributed by atoms with Gasteiger partial charge in [0.1, 0.15) is 12.4 Å². The van der Waals surface area contributed by atoms with Gasteiger partial charge in [0.25, 0.3) is 0 Å². The molecule has 0 saturated carbocycles. The van der Waals surface area contributed by atoms with E-state index in [9.17, 15) is 9.90 Å². The number of hydrogen-bond donors (Lipinski definition) is 1. The summed E-state index contributed by atoms with van der Waals surface area (Å²) < 4.78 is 10.8. The highest BCUT2D eigenvalue weighted by molar-refractivity contribution is 6.31. The van der Waals surface area contributed by atoms with E-state index in [1.807, 2.05) is 0 Å². The van der Waals surface area contributed by atoms with Gasteiger partial charge >= 0.3 is 0 Å². The Morgan fingerprint density at radius 1 is 1.25 bits per heavy atom. The van der Waals surface area contributed by atoms with Crippen LogP contribution in [0.1, 0.15) is 15.9 Å². The third-order valence-electron chi connectivity index (χ3n) is 2.71. The summed E-state index contributed by atoms with van der Waals surface area (Å²) in [7, 11) is 1.48. The van der Waals surface area contributed by atoms with E-state index < -0.39 is 0 Å². The van der Waals surface area contributed by atoms with Gasteiger partial charge in [-0.1, -0.05) is 23.7 Å². The second kappa shape index (κ2) is 6.30. The van der Waals surface area contributed by atoms with Crippen molar-refractivity contribution in [2.75, 3.05) is 7.11 Å². The number of halogens is 1. The van der Waals surface area contributed by atoms with Crippen molar-refractivity contribution in [2.24, 2.45) is 0 Å². The van der Waals surface area contributed by atoms with E-state index in [1.54, 1.807) is 30.3 Å². The van der Waals surface area contributed by atoms with Crippen LogP contribution >= 0.6 is 11.6 Å². The molecular weight excluding hydrogens is 280 g/mol. The molecule has 0 fully saturated rings. The molecule has 0 aromatic heterocycles. The maximum Gasteiger partial charge on any atom is 0.172 e. The van der Waals surface area contributed by atoms with Crippen LogP contribution in [-0.4, -0.2) is 18.5 Å². The molecule has 1 N–H and O–H groups in total. The van der Waals surface area contributed by atoms with E-state index in [0.29, 0.717) is 28.4 Å². The lowest BCUT2D eigenvalue weighted by molar-refractivity contribution is 0.111. The van der Waals surface area contributed by atoms with Gasteiger partial charge in [-0.2, -0.15) is 0 Å². The van der Waals surface area contributed by atoms with Gasteiger partial charge in [0.15, 0.2) is 17.8 Å². The highest BCUT2D eigenvalue weighted by Crippen LogP contribution is 2.34. The van der Waals surface area contributed by atoms with Crippen molar-refractivity contribution in [3.63, 3.8) is 0 Å². The number of carbonyl (C=O) groups excluding carboxylic acids is 1. The highest BCUT2D eigenvalue weighted by atomic mass is 35.5. The van der Waals surface area contributed by atoms with Crippen LogP contribution in [0.4, 0.5) is 0 Å². The number of carbonyl (C=O) groups is 1. The summed E-state index contributed by atoms with van der Waals surface area (Å²) in [6.07, 6.45) is 0.667. The van der Waals surface area contributed by atoms with Gasteiger partial charge in [-0.25, -0.2) is 0 Å². The van der Waals surface area contributed by atoms with Gasteiger partial charge in [-0.05, 0) is 23.8 Å². The highest BCUT2D eigenvalue weighted by Gasteiger charge is 2.12. The lowest BCUT2D eigenvalue weighted by atomic mass is 10.2. The van der Waals surface area contributed by atoms with Crippen LogP contribution in [0.2, 0.25) is 5.02 Å². The van der Waals surface area contributed by atoms with E-state index in [4.69, 9.17) is 21.1 Å². The van der Waals surface area contributed by atoms with Crippen molar-refractivity contribution in [1.82, 2.24) is 0 Å². The molecule has 0 aliphatic carbocycles. The molecule has 104 valence electrons. The molecule has 0 unspecified atom stereocenters. The Hall–Kier alpha value is -2.20. The SMILES string of the molecule is COc1cc(Cl)cc(C=O)c1OCc1ccc(O)cc1. The molecule has 2 rings (SSSR count). The Bertz CT molecular complexity index is 608. The molecular formula is C15H13ClO4. The van der Waals surface area contributed by atoms with Crippen LogP contribution in [0.15, 0.2) is 36.4 Å². The van der Waals surface area contributed by atoms with Crippen LogP contribution in [0, 0.1) is 0 Å². The van der Waals surface area contributed by atoms with Crippen LogP contribution in [0.25, 0.3) is 0 Å². The summed E-state index contributed by atoms with van der Waals surface area (Å²) in [6.45, 7) is 0.249. The Morgan fingerprint density at radius 3 is 2.55 bits per heavy atom. The van der Waals surface area contributed by atoms with E-state index >= 15 is 0 Å². The number of ether oxygens (including phenoxy) is 2. The molecule has 0 bridgehead atoms. The minimum atomic E-state index is 0.186. The largest absolute Gasteiger partial charge is 0.508 e. The smallest absolute Gasteiger partial charge is 0.172 e. The van der Waals surface area contributed by atoms with E-state index in [-0.39, 0.29) is 12.4 Å². The minimum Gasteiger partial charge on any atom is -0.508 e. The lowest BCUT2D eigenvalue weighted by Crippen LogP contribution is -2.01. The van der Waals surface area contributed by atoms with Gasteiger partial charge in [-0.3, -0.25) is 4.79 Å². The number of methoxy groups -OCH3 is 1. The normalized spacial score (nSPS) is 10.1. The first-order chi connectivity index (χ1) is 9.63. The monoisotopic (exact) mass is 292 g/mol. The standard InChI is InChI=1S/C15H13ClO4/c1-19-14-7-12(16)6-11(8-17)15(14)20-9-10-2-4-13(18)5-3-10/h2-8,18H,9H2,1H3. The van der Waals surface area contributed by atoms with Crippen molar-refractivity contribution in [3.8, 4) is 17.2 Å². The van der Waals surface area contributed by atoms with Crippen molar-refractivity contribution >= 4 is 17.9 Å². The zero-order valence-corrected chi connectivity index (χ0v) is 11.6. The van der Waals surface area contributed by atoms with Crippen LogP contribution in [0.5, 0.6) is 17.2 Å². The van der Waals surface area contributed by atoms with Crippen LogP contribution in [0.3, 0.4) is 0 Å². The number of aldehydes is 1. The third-order valence-corrected chi connectivity index (χ3v) is 2.93. The molecule has 20 heavy (non-hydrogen) atoms. The maximum absolute atomic E-state index is 11.1. The number of phenols is 1. The minimum absolute atomic E-state index is 0.186. The van der Waals surface area contributed by atoms with E-state index in [0.717, 1.165) is 5.56 Å². The number of phenolic OH excluding ortho intramolecular Hbond substituents is 1. The number of benzene rings is 2. The van der Waals surface area contributed by atoms with Gasteiger partial charge in [0.2, 0.25) is 0 Å². The third kappa shape index (κ3) is 3.22. The lowest BCUT2D eigenvalue weighted by Gasteiger charge is -2.13. The Morgan fingerprint density at radius 2 is 1.95 bits per heavy atom. The Balaban J connectivity index is 2.24. The van der Waals surface area contributed by atoms with Crippen LogP contribution < -0.4 is 9.47 Å². The van der Waals surface area contributed by atoms with Crippen LogP contribution in [-0.2, 0) is 6.61 Å². The molecule has 0 saturated heterocycles. The average Bonchev–Trinajstić information content (AvgIpc) is 2.46. The molecule has 0 heterocycles. The fourth-order valence-corrected chi connectivity index (χ4v) is 1.95. The fraction of sp³-hybridized carbons (Fsp3) is 0.133. The topological polar surface area (TPSA) is 55.8 Å². The molecule has 4 nitrogen and oxygen atoms in total. The second-order valence-corrected chi connectivity index (χ2v) is 4.54. The summed E-state index contributed by atoms with van der Waals surface area (Å²) in [5, 5.41) is 9.62. The first-order valence-electron chi connectivity index (χ1n) is 5.87. The molecule has 5 heteroatoms. The molecule has 2 aromatic carbocycles. The fourth-order valence-electron chi connectivity index (χ4n) is 1.73. The summed E-state index contributed by atoms with van der Waals surface area (Å²) in [5.41, 5.74) is 1.18. The van der Waals surface area contributed by atoms with E-state index in [1.165, 1.54) is 13.2 Å². The number of rotatable bonds is 5. The molecule has 0 spiro atoms. The molecule has 0 aliphatic heterocycles. The predicted molar refractivity (Wildman–Crippen MR) is 75.8 cm³/mol. The summed E-state index contributed by atoms with van der Waals surface area (Å²) in [5.74, 6) is 0.935. The summed E-state index contributed by atoms with van der Waals surface area (Å²) in [4.78, 5) is 11.1. The molecule has 0 atom stereocenters. The first kappa shape index (κ1) is 14.2. The first-order valence-corrected chi connectivity index (χ1v) is 6.25. The van der Waals surface area contributed by atoms with Gasteiger partial charge < -0.3 is 14.6 Å². The number of aromatic hydroxyl groups is 1. The number of hydrogen-bond acceptors (Lipinski definition) is 4. The van der Waals surface area contributed by atoms with Crippen molar-refractivity contribution in [3.05, 3.63) is 52.5 Å². The van der Waals surface area contributed by atoms with Crippen molar-refractivity contribution in [2.45, 2.75) is 6.61 Å². The van der Waals surface area contributed by atoms with Crippen molar-refractivity contribution < 1.29 is 19.4 Å². The molecule has 0 radical (unpaired) electrons. The molecule has 2 aromatic rings. The average molecular weight is 293 g/mol. The van der Waals surface area contributed by atoms with Crippen molar-refractivity contribution in [1.29, 1.82) is 0 Å². The molecule has 0 amide bonds. The Labute approximate surface area is 121 Å². The maximum atomic E-state index is 11.1. The van der Waals surface area contributed by atoms with Gasteiger partial charge in [0.05, 0.1) is 12.7 Å².